The number of carbonyl (C=O) groups excluding carboxylic acids is 3. The van der Waals surface area contributed by atoms with E-state index in [4.69, 9.17) is 4.74 Å². The number of halogens is 3. The maximum atomic E-state index is 12.0. The van der Waals surface area contributed by atoms with Crippen LogP contribution in [0.4, 0.5) is 13.2 Å². The number of alkyl halides is 3. The summed E-state index contributed by atoms with van der Waals surface area (Å²) in [5, 5.41) is 0. The largest absolute Gasteiger partial charge is 0.489 e. The van der Waals surface area contributed by atoms with E-state index in [1.807, 2.05) is 0 Å². The molecular formula is C12H13F3O6. The van der Waals surface area contributed by atoms with E-state index >= 15 is 0 Å². The Morgan fingerprint density at radius 1 is 1.33 bits per heavy atom. The van der Waals surface area contributed by atoms with Crippen LogP contribution >= 0.6 is 0 Å². The first-order valence-electron chi connectivity index (χ1n) is 5.94. The SMILES string of the molecule is COC(=O)CCCC1=C(C(=O)OCC(F)(F)F)C(=O)CO1. The summed E-state index contributed by atoms with van der Waals surface area (Å²) in [6.45, 7) is -2.21. The average Bonchev–Trinajstić information content (AvgIpc) is 2.76. The topological polar surface area (TPSA) is 78.9 Å². The third-order valence-corrected chi connectivity index (χ3v) is 2.52. The van der Waals surface area contributed by atoms with E-state index in [1.165, 1.54) is 7.11 Å². The third-order valence-electron chi connectivity index (χ3n) is 2.52. The molecule has 0 aromatic rings. The molecule has 0 amide bonds. The van der Waals surface area contributed by atoms with Gasteiger partial charge in [-0.25, -0.2) is 4.79 Å². The van der Waals surface area contributed by atoms with Gasteiger partial charge in [-0.05, 0) is 6.42 Å². The van der Waals surface area contributed by atoms with E-state index in [9.17, 15) is 27.6 Å². The number of hydrogen-bond acceptors (Lipinski definition) is 6. The van der Waals surface area contributed by atoms with Crippen molar-refractivity contribution < 1.29 is 41.8 Å². The Morgan fingerprint density at radius 3 is 2.57 bits per heavy atom. The Labute approximate surface area is 117 Å². The lowest BCUT2D eigenvalue weighted by Crippen LogP contribution is -2.23. The summed E-state index contributed by atoms with van der Waals surface area (Å²) >= 11 is 0. The predicted octanol–water partition coefficient (Wildman–Crippen LogP) is 1.29. The number of esters is 2. The molecule has 0 spiro atoms. The summed E-state index contributed by atoms with van der Waals surface area (Å²) in [5.41, 5.74) is -0.524. The fourth-order valence-corrected chi connectivity index (χ4v) is 1.59. The quantitative estimate of drug-likeness (QED) is 0.543. The van der Waals surface area contributed by atoms with Gasteiger partial charge < -0.3 is 14.2 Å². The number of methoxy groups -OCH3 is 1. The summed E-state index contributed by atoms with van der Waals surface area (Å²) in [5.74, 6) is -2.66. The molecule has 0 N–H and O–H groups in total. The number of allylic oxidation sites excluding steroid dienone is 1. The molecule has 6 nitrogen and oxygen atoms in total. The van der Waals surface area contributed by atoms with Crippen molar-refractivity contribution in [2.45, 2.75) is 25.4 Å². The highest BCUT2D eigenvalue weighted by atomic mass is 19.4. The van der Waals surface area contributed by atoms with Gasteiger partial charge >= 0.3 is 18.1 Å². The maximum absolute atomic E-state index is 12.0. The molecule has 0 fully saturated rings. The third kappa shape index (κ3) is 5.44. The zero-order valence-electron chi connectivity index (χ0n) is 11.1. The zero-order valence-corrected chi connectivity index (χ0v) is 11.1. The summed E-state index contributed by atoms with van der Waals surface area (Å²) < 4.78 is 49.3. The van der Waals surface area contributed by atoms with Crippen molar-refractivity contribution >= 4 is 17.7 Å². The lowest BCUT2D eigenvalue weighted by Gasteiger charge is -2.08. The van der Waals surface area contributed by atoms with Crippen molar-refractivity contribution in [1.29, 1.82) is 0 Å². The summed E-state index contributed by atoms with van der Waals surface area (Å²) in [6, 6.07) is 0. The van der Waals surface area contributed by atoms with Crippen LogP contribution in [-0.4, -0.2) is 44.2 Å². The number of ketones is 1. The molecule has 21 heavy (non-hydrogen) atoms. The highest BCUT2D eigenvalue weighted by molar-refractivity contribution is 6.19. The Morgan fingerprint density at radius 2 is 2.00 bits per heavy atom. The Balaban J connectivity index is 2.64. The Kier molecular flexibility index (Phi) is 5.74. The zero-order chi connectivity index (χ0) is 16.0. The molecule has 1 aliphatic heterocycles. The summed E-state index contributed by atoms with van der Waals surface area (Å²) in [7, 11) is 1.21. The molecule has 1 rings (SSSR count). The van der Waals surface area contributed by atoms with E-state index in [-0.39, 0.29) is 25.0 Å². The fourth-order valence-electron chi connectivity index (χ4n) is 1.59. The van der Waals surface area contributed by atoms with E-state index in [0.29, 0.717) is 0 Å². The van der Waals surface area contributed by atoms with Crippen molar-refractivity contribution in [3.05, 3.63) is 11.3 Å². The van der Waals surface area contributed by atoms with Gasteiger partial charge in [0.05, 0.1) is 7.11 Å². The molecule has 0 atom stereocenters. The monoisotopic (exact) mass is 310 g/mol. The number of ether oxygens (including phenoxy) is 3. The molecule has 0 bridgehead atoms. The van der Waals surface area contributed by atoms with Crippen molar-refractivity contribution in [1.82, 2.24) is 0 Å². The van der Waals surface area contributed by atoms with Crippen LogP contribution < -0.4 is 0 Å². The van der Waals surface area contributed by atoms with Crippen LogP contribution in [0.15, 0.2) is 11.3 Å². The van der Waals surface area contributed by atoms with Crippen LogP contribution in [0.1, 0.15) is 19.3 Å². The van der Waals surface area contributed by atoms with Crippen LogP contribution in [0.2, 0.25) is 0 Å². The van der Waals surface area contributed by atoms with Crippen molar-refractivity contribution in [3.8, 4) is 0 Å². The van der Waals surface area contributed by atoms with E-state index < -0.39 is 42.7 Å². The van der Waals surface area contributed by atoms with Crippen LogP contribution in [0, 0.1) is 0 Å². The van der Waals surface area contributed by atoms with Crippen LogP contribution in [-0.2, 0) is 28.6 Å². The second-order valence-corrected chi connectivity index (χ2v) is 4.13. The Bertz CT molecular complexity index is 466. The normalized spacial score (nSPS) is 15.0. The molecule has 0 unspecified atom stereocenters. The fraction of sp³-hybridized carbons (Fsp3) is 0.583. The molecule has 0 aliphatic carbocycles. The van der Waals surface area contributed by atoms with Crippen LogP contribution in [0.5, 0.6) is 0 Å². The minimum Gasteiger partial charge on any atom is -0.489 e. The van der Waals surface area contributed by atoms with Gasteiger partial charge in [0.15, 0.2) is 13.2 Å². The number of hydrogen-bond donors (Lipinski definition) is 0. The van der Waals surface area contributed by atoms with Crippen LogP contribution in [0.3, 0.4) is 0 Å². The minimum absolute atomic E-state index is 0.0302. The minimum atomic E-state index is -4.68. The molecule has 0 aromatic carbocycles. The van der Waals surface area contributed by atoms with Crippen molar-refractivity contribution in [2.75, 3.05) is 20.3 Å². The second-order valence-electron chi connectivity index (χ2n) is 4.13. The molecule has 118 valence electrons. The van der Waals surface area contributed by atoms with Crippen molar-refractivity contribution in [3.63, 3.8) is 0 Å². The lowest BCUT2D eigenvalue weighted by molar-refractivity contribution is -0.183. The standard InChI is InChI=1S/C12H13F3O6/c1-19-9(17)4-2-3-8-10(7(16)5-20-8)11(18)21-6-12(13,14)15/h2-6H2,1H3. The van der Waals surface area contributed by atoms with Gasteiger partial charge in [0.1, 0.15) is 11.3 Å². The first-order chi connectivity index (χ1) is 9.74. The first kappa shape index (κ1) is 17.0. The van der Waals surface area contributed by atoms with E-state index in [1.54, 1.807) is 0 Å². The van der Waals surface area contributed by atoms with Gasteiger partial charge in [0.2, 0.25) is 5.78 Å². The lowest BCUT2D eigenvalue weighted by atomic mass is 10.1. The number of rotatable bonds is 6. The van der Waals surface area contributed by atoms with E-state index in [0.717, 1.165) is 0 Å². The van der Waals surface area contributed by atoms with Crippen LogP contribution in [0.25, 0.3) is 0 Å². The smallest absolute Gasteiger partial charge is 0.422 e. The highest BCUT2D eigenvalue weighted by Crippen LogP contribution is 2.24. The molecule has 0 saturated heterocycles. The summed E-state index contributed by atoms with van der Waals surface area (Å²) in [4.78, 5) is 33.9. The maximum Gasteiger partial charge on any atom is 0.422 e. The predicted molar refractivity (Wildman–Crippen MR) is 60.9 cm³/mol. The van der Waals surface area contributed by atoms with Gasteiger partial charge in [-0.3, -0.25) is 9.59 Å². The van der Waals surface area contributed by atoms with Crippen molar-refractivity contribution in [2.24, 2.45) is 0 Å². The molecule has 1 heterocycles. The number of Topliss-reactive ketones (excluding diaryl/α,β-unsaturated/α-hetero) is 1. The molecule has 0 saturated carbocycles. The second kappa shape index (κ2) is 7.09. The number of carbonyl (C=O) groups is 3. The van der Waals surface area contributed by atoms with Gasteiger partial charge in [0.25, 0.3) is 0 Å². The first-order valence-corrected chi connectivity index (χ1v) is 5.94. The van der Waals surface area contributed by atoms with Gasteiger partial charge in [-0.15, -0.1) is 0 Å². The molecular weight excluding hydrogens is 297 g/mol. The van der Waals surface area contributed by atoms with Gasteiger partial charge in [-0.2, -0.15) is 13.2 Å². The molecule has 0 aromatic heterocycles. The molecule has 9 heteroatoms. The summed E-state index contributed by atoms with van der Waals surface area (Å²) in [6.07, 6.45) is -4.37. The molecule has 0 radical (unpaired) electrons. The average molecular weight is 310 g/mol. The van der Waals surface area contributed by atoms with E-state index in [2.05, 4.69) is 9.47 Å². The van der Waals surface area contributed by atoms with Gasteiger partial charge in [-0.1, -0.05) is 0 Å². The highest BCUT2D eigenvalue weighted by Gasteiger charge is 2.35. The van der Waals surface area contributed by atoms with Gasteiger partial charge in [0, 0.05) is 12.8 Å². The molecule has 1 aliphatic rings. The Hall–Kier alpha value is -2.06.